The molecular weight excluding hydrogens is 254 g/mol. The summed E-state index contributed by atoms with van der Waals surface area (Å²) in [6.45, 7) is 2.70. The molecule has 0 radical (unpaired) electrons. The first-order valence-electron chi connectivity index (χ1n) is 6.66. The first kappa shape index (κ1) is 12.9. The molecule has 1 unspecified atom stereocenters. The Balaban J connectivity index is 1.89. The van der Waals surface area contributed by atoms with Crippen LogP contribution in [0.1, 0.15) is 23.8 Å². The summed E-state index contributed by atoms with van der Waals surface area (Å²) in [6, 6.07) is 9.63. The normalized spacial score (nSPS) is 22.2. The van der Waals surface area contributed by atoms with Crippen LogP contribution < -0.4 is 0 Å². The molecule has 1 aliphatic rings. The van der Waals surface area contributed by atoms with Crippen molar-refractivity contribution in [2.75, 3.05) is 13.1 Å². The van der Waals surface area contributed by atoms with E-state index >= 15 is 0 Å². The highest BCUT2D eigenvalue weighted by molar-refractivity contribution is 5.93. The van der Waals surface area contributed by atoms with Crippen LogP contribution in [0.2, 0.25) is 0 Å². The molecule has 1 aromatic heterocycles. The van der Waals surface area contributed by atoms with Gasteiger partial charge in [-0.3, -0.25) is 9.36 Å². The van der Waals surface area contributed by atoms with Crippen molar-refractivity contribution >= 4 is 5.91 Å². The first-order chi connectivity index (χ1) is 9.57. The molecule has 0 saturated carbocycles. The largest absolute Gasteiger partial charge is 0.388 e. The van der Waals surface area contributed by atoms with Gasteiger partial charge in [0.15, 0.2) is 0 Å². The van der Waals surface area contributed by atoms with Gasteiger partial charge in [0.2, 0.25) is 0 Å². The monoisotopic (exact) mass is 271 g/mol. The molecule has 1 fully saturated rings. The zero-order valence-electron chi connectivity index (χ0n) is 11.4. The van der Waals surface area contributed by atoms with Crippen LogP contribution in [0.3, 0.4) is 0 Å². The molecule has 2 heterocycles. The van der Waals surface area contributed by atoms with Crippen LogP contribution in [0.25, 0.3) is 5.69 Å². The Bertz CT molecular complexity index is 619. The summed E-state index contributed by atoms with van der Waals surface area (Å²) in [7, 11) is 0. The fraction of sp³-hybridized carbons (Fsp3) is 0.333. The van der Waals surface area contributed by atoms with Crippen molar-refractivity contribution in [3.05, 3.63) is 48.5 Å². The van der Waals surface area contributed by atoms with Gasteiger partial charge in [0.25, 0.3) is 5.91 Å². The highest BCUT2D eigenvalue weighted by atomic mass is 16.3. The molecule has 0 bridgehead atoms. The number of likely N-dealkylation sites (tertiary alicyclic amines) is 1. The van der Waals surface area contributed by atoms with Crippen molar-refractivity contribution in [1.29, 1.82) is 0 Å². The SMILES string of the molecule is CC1(O)CCN(C(=O)c2cncn2-c2ccccc2)C1. The maximum Gasteiger partial charge on any atom is 0.272 e. The van der Waals surface area contributed by atoms with Crippen LogP contribution in [0.15, 0.2) is 42.9 Å². The fourth-order valence-corrected chi connectivity index (χ4v) is 2.53. The minimum Gasteiger partial charge on any atom is -0.388 e. The van der Waals surface area contributed by atoms with Crippen molar-refractivity contribution in [2.24, 2.45) is 0 Å². The average molecular weight is 271 g/mol. The number of benzene rings is 1. The molecule has 20 heavy (non-hydrogen) atoms. The van der Waals surface area contributed by atoms with Crippen molar-refractivity contribution in [3.8, 4) is 5.69 Å². The summed E-state index contributed by atoms with van der Waals surface area (Å²) in [6.07, 6.45) is 3.82. The summed E-state index contributed by atoms with van der Waals surface area (Å²) in [5.74, 6) is -0.0934. The number of para-hydroxylation sites is 1. The van der Waals surface area contributed by atoms with E-state index in [4.69, 9.17) is 0 Å². The number of amides is 1. The predicted molar refractivity (Wildman–Crippen MR) is 74.7 cm³/mol. The quantitative estimate of drug-likeness (QED) is 0.900. The molecule has 5 nitrogen and oxygen atoms in total. The summed E-state index contributed by atoms with van der Waals surface area (Å²) in [4.78, 5) is 18.3. The zero-order chi connectivity index (χ0) is 14.2. The summed E-state index contributed by atoms with van der Waals surface area (Å²) < 4.78 is 1.77. The van der Waals surface area contributed by atoms with Crippen LogP contribution in [0.5, 0.6) is 0 Å². The van der Waals surface area contributed by atoms with E-state index < -0.39 is 5.60 Å². The molecule has 1 saturated heterocycles. The fourth-order valence-electron chi connectivity index (χ4n) is 2.53. The van der Waals surface area contributed by atoms with Crippen molar-refractivity contribution in [2.45, 2.75) is 18.9 Å². The number of aliphatic hydroxyl groups is 1. The zero-order valence-corrected chi connectivity index (χ0v) is 11.4. The van der Waals surface area contributed by atoms with Gasteiger partial charge >= 0.3 is 0 Å². The number of carbonyl (C=O) groups is 1. The molecule has 1 N–H and O–H groups in total. The molecule has 1 aromatic carbocycles. The molecule has 1 atom stereocenters. The predicted octanol–water partition coefficient (Wildman–Crippen LogP) is 1.47. The van der Waals surface area contributed by atoms with Crippen LogP contribution in [0, 0.1) is 0 Å². The van der Waals surface area contributed by atoms with E-state index in [0.717, 1.165) is 5.69 Å². The Morgan fingerprint density at radius 2 is 2.10 bits per heavy atom. The van der Waals surface area contributed by atoms with Gasteiger partial charge in [0.05, 0.1) is 18.1 Å². The second-order valence-corrected chi connectivity index (χ2v) is 5.46. The number of hydrogen-bond acceptors (Lipinski definition) is 3. The van der Waals surface area contributed by atoms with Crippen molar-refractivity contribution in [1.82, 2.24) is 14.5 Å². The molecule has 0 spiro atoms. The lowest BCUT2D eigenvalue weighted by Gasteiger charge is -2.19. The highest BCUT2D eigenvalue weighted by Gasteiger charge is 2.35. The number of aromatic nitrogens is 2. The summed E-state index contributed by atoms with van der Waals surface area (Å²) in [5.41, 5.74) is 0.640. The van der Waals surface area contributed by atoms with E-state index in [0.29, 0.717) is 25.2 Å². The third-order valence-corrected chi connectivity index (χ3v) is 3.63. The lowest BCUT2D eigenvalue weighted by molar-refractivity contribution is 0.0568. The molecular formula is C15H17N3O2. The van der Waals surface area contributed by atoms with Gasteiger partial charge in [-0.1, -0.05) is 18.2 Å². The van der Waals surface area contributed by atoms with E-state index in [2.05, 4.69) is 4.98 Å². The van der Waals surface area contributed by atoms with E-state index in [1.807, 2.05) is 30.3 Å². The Hall–Kier alpha value is -2.14. The third kappa shape index (κ3) is 2.32. The van der Waals surface area contributed by atoms with Gasteiger partial charge in [-0.25, -0.2) is 4.98 Å². The molecule has 1 amide bonds. The topological polar surface area (TPSA) is 58.4 Å². The van der Waals surface area contributed by atoms with Gasteiger partial charge in [0, 0.05) is 18.8 Å². The minimum atomic E-state index is -0.784. The van der Waals surface area contributed by atoms with E-state index in [-0.39, 0.29) is 5.91 Å². The average Bonchev–Trinajstić information content (AvgIpc) is 3.05. The van der Waals surface area contributed by atoms with E-state index in [1.54, 1.807) is 28.9 Å². The molecule has 0 aliphatic carbocycles. The minimum absolute atomic E-state index is 0.0934. The van der Waals surface area contributed by atoms with Crippen molar-refractivity contribution in [3.63, 3.8) is 0 Å². The summed E-state index contributed by atoms with van der Waals surface area (Å²) in [5, 5.41) is 9.98. The van der Waals surface area contributed by atoms with E-state index in [1.165, 1.54) is 0 Å². The maximum absolute atomic E-state index is 12.5. The van der Waals surface area contributed by atoms with Gasteiger partial charge in [0.1, 0.15) is 5.69 Å². The second kappa shape index (κ2) is 4.76. The number of nitrogens with zero attached hydrogens (tertiary/aromatic N) is 3. The van der Waals surface area contributed by atoms with Crippen LogP contribution in [0.4, 0.5) is 0 Å². The first-order valence-corrected chi connectivity index (χ1v) is 6.66. The standard InChI is InChI=1S/C15H17N3O2/c1-15(20)7-8-17(10-15)14(19)13-9-16-11-18(13)12-5-3-2-4-6-12/h2-6,9,11,20H,7-8,10H2,1H3. The van der Waals surface area contributed by atoms with Gasteiger partial charge < -0.3 is 10.0 Å². The van der Waals surface area contributed by atoms with Crippen LogP contribution in [-0.2, 0) is 0 Å². The number of carbonyl (C=O) groups excluding carboxylic acids is 1. The lowest BCUT2D eigenvalue weighted by Crippen LogP contribution is -2.34. The number of β-amino-alcohol motifs (C(OH)–C–C–N with tert-alkyl or cyclic N) is 1. The highest BCUT2D eigenvalue weighted by Crippen LogP contribution is 2.22. The Morgan fingerprint density at radius 3 is 2.75 bits per heavy atom. The molecule has 2 aromatic rings. The Kier molecular flexibility index (Phi) is 3.06. The van der Waals surface area contributed by atoms with Gasteiger partial charge in [-0.15, -0.1) is 0 Å². The molecule has 5 heteroatoms. The Labute approximate surface area is 117 Å². The Morgan fingerprint density at radius 1 is 1.35 bits per heavy atom. The van der Waals surface area contributed by atoms with Crippen molar-refractivity contribution < 1.29 is 9.90 Å². The molecule has 104 valence electrons. The van der Waals surface area contributed by atoms with E-state index in [9.17, 15) is 9.90 Å². The number of imidazole rings is 1. The lowest BCUT2D eigenvalue weighted by atomic mass is 10.1. The van der Waals surface area contributed by atoms with Crippen LogP contribution >= 0.6 is 0 Å². The third-order valence-electron chi connectivity index (χ3n) is 3.63. The van der Waals surface area contributed by atoms with Crippen LogP contribution in [-0.4, -0.2) is 44.2 Å². The summed E-state index contributed by atoms with van der Waals surface area (Å²) >= 11 is 0. The van der Waals surface area contributed by atoms with Gasteiger partial charge in [-0.05, 0) is 25.5 Å². The maximum atomic E-state index is 12.5. The molecule has 3 rings (SSSR count). The van der Waals surface area contributed by atoms with Gasteiger partial charge in [-0.2, -0.15) is 0 Å². The smallest absolute Gasteiger partial charge is 0.272 e. The second-order valence-electron chi connectivity index (χ2n) is 5.46. The number of hydrogen-bond donors (Lipinski definition) is 1. The number of rotatable bonds is 2. The molecule has 1 aliphatic heterocycles.